The van der Waals surface area contributed by atoms with E-state index in [-0.39, 0.29) is 17.8 Å². The van der Waals surface area contributed by atoms with Crippen molar-refractivity contribution in [3.8, 4) is 17.1 Å². The van der Waals surface area contributed by atoms with Gasteiger partial charge >= 0.3 is 0 Å². The number of piperidine rings is 1. The summed E-state index contributed by atoms with van der Waals surface area (Å²) >= 11 is 0. The van der Waals surface area contributed by atoms with Crippen molar-refractivity contribution in [2.75, 3.05) is 46.3 Å². The quantitative estimate of drug-likeness (QED) is 0.798. The van der Waals surface area contributed by atoms with Crippen molar-refractivity contribution in [2.45, 2.75) is 18.9 Å². The number of amides is 1. The Balaban J connectivity index is 2.03. The van der Waals surface area contributed by atoms with Crippen LogP contribution in [0.2, 0.25) is 0 Å². The Morgan fingerprint density at radius 3 is 2.81 bits per heavy atom. The predicted molar refractivity (Wildman–Crippen MR) is 98.7 cm³/mol. The fourth-order valence-electron chi connectivity index (χ4n) is 3.25. The van der Waals surface area contributed by atoms with E-state index < -0.39 is 5.82 Å². The van der Waals surface area contributed by atoms with Gasteiger partial charge in [0.15, 0.2) is 23.1 Å². The normalized spacial score (nSPS) is 17.1. The maximum Gasteiger partial charge on any atom is 0.261 e. The summed E-state index contributed by atoms with van der Waals surface area (Å²) < 4.78 is 29.8. The molecule has 1 saturated heterocycles. The molecule has 0 bridgehead atoms. The second-order valence-electron chi connectivity index (χ2n) is 6.71. The predicted octanol–water partition coefficient (Wildman–Crippen LogP) is 2.81. The van der Waals surface area contributed by atoms with Crippen LogP contribution in [0.3, 0.4) is 0 Å². The number of rotatable bonds is 5. The summed E-state index contributed by atoms with van der Waals surface area (Å²) in [4.78, 5) is 16.8. The number of carbonyl (C=O) groups excluding carboxylic acids is 1. The molecule has 1 atom stereocenters. The van der Waals surface area contributed by atoms with Crippen LogP contribution >= 0.6 is 0 Å². The summed E-state index contributed by atoms with van der Waals surface area (Å²) in [6, 6.07) is 4.32. The highest BCUT2D eigenvalue weighted by atomic mass is 19.1. The molecule has 0 radical (unpaired) electrons. The summed E-state index contributed by atoms with van der Waals surface area (Å²) in [5.74, 6) is 0.130. The first kappa shape index (κ1) is 19.2. The maximum absolute atomic E-state index is 13.8. The van der Waals surface area contributed by atoms with Gasteiger partial charge in [0.25, 0.3) is 5.91 Å². The summed E-state index contributed by atoms with van der Waals surface area (Å²) in [6.45, 7) is 1.16. The van der Waals surface area contributed by atoms with Crippen molar-refractivity contribution in [1.29, 1.82) is 0 Å². The van der Waals surface area contributed by atoms with Crippen molar-refractivity contribution in [1.82, 2.24) is 10.1 Å². The molecule has 0 aliphatic carbocycles. The molecule has 0 N–H and O–H groups in total. The lowest BCUT2D eigenvalue weighted by atomic mass is 10.0. The fraction of sp³-hybridized carbons (Fsp3) is 0.474. The average Bonchev–Trinajstić information content (AvgIpc) is 3.13. The number of anilines is 1. The Labute approximate surface area is 157 Å². The molecule has 27 heavy (non-hydrogen) atoms. The van der Waals surface area contributed by atoms with Crippen molar-refractivity contribution >= 4 is 11.7 Å². The SMILES string of the molecule is COc1cc(-c2onc(N(C)C)c2C(=O)N2CCCC(OC)C2)ccc1F. The van der Waals surface area contributed by atoms with Crippen LogP contribution in [-0.2, 0) is 4.74 Å². The van der Waals surface area contributed by atoms with Gasteiger partial charge in [-0.2, -0.15) is 0 Å². The van der Waals surface area contributed by atoms with E-state index in [4.69, 9.17) is 14.0 Å². The van der Waals surface area contributed by atoms with Crippen LogP contribution in [0.25, 0.3) is 11.3 Å². The minimum absolute atomic E-state index is 0.0136. The van der Waals surface area contributed by atoms with Crippen LogP contribution in [0.15, 0.2) is 22.7 Å². The molecule has 146 valence electrons. The number of carbonyl (C=O) groups is 1. The van der Waals surface area contributed by atoms with Crippen molar-refractivity contribution in [3.63, 3.8) is 0 Å². The lowest BCUT2D eigenvalue weighted by Crippen LogP contribution is -2.43. The second-order valence-corrected chi connectivity index (χ2v) is 6.71. The van der Waals surface area contributed by atoms with Gasteiger partial charge in [-0.15, -0.1) is 0 Å². The molecule has 2 aromatic rings. The Kier molecular flexibility index (Phi) is 5.65. The van der Waals surface area contributed by atoms with Gasteiger partial charge in [-0.3, -0.25) is 4.79 Å². The first-order chi connectivity index (χ1) is 13.0. The van der Waals surface area contributed by atoms with E-state index in [2.05, 4.69) is 5.16 Å². The highest BCUT2D eigenvalue weighted by Crippen LogP contribution is 2.34. The van der Waals surface area contributed by atoms with Gasteiger partial charge in [0.1, 0.15) is 5.56 Å². The molecule has 3 rings (SSSR count). The lowest BCUT2D eigenvalue weighted by Gasteiger charge is -2.32. The third-order valence-corrected chi connectivity index (χ3v) is 4.72. The fourth-order valence-corrected chi connectivity index (χ4v) is 3.25. The number of ether oxygens (including phenoxy) is 2. The molecule has 8 heteroatoms. The van der Waals surface area contributed by atoms with Crippen molar-refractivity contribution < 1.29 is 23.2 Å². The Morgan fingerprint density at radius 1 is 1.37 bits per heavy atom. The maximum atomic E-state index is 13.8. The Hall–Kier alpha value is -2.61. The number of nitrogens with zero attached hydrogens (tertiary/aromatic N) is 3. The molecule has 7 nitrogen and oxygen atoms in total. The van der Waals surface area contributed by atoms with E-state index in [9.17, 15) is 9.18 Å². The van der Waals surface area contributed by atoms with Gasteiger partial charge in [0.05, 0.1) is 13.2 Å². The van der Waals surface area contributed by atoms with Gasteiger partial charge in [0.2, 0.25) is 0 Å². The Bertz CT molecular complexity index is 821. The zero-order chi connectivity index (χ0) is 19.6. The molecular weight excluding hydrogens is 353 g/mol. The number of hydrogen-bond donors (Lipinski definition) is 0. The molecule has 0 spiro atoms. The van der Waals surface area contributed by atoms with Crippen LogP contribution in [-0.4, -0.2) is 63.5 Å². The molecule has 1 amide bonds. The van der Waals surface area contributed by atoms with Crippen molar-refractivity contribution in [2.24, 2.45) is 0 Å². The second kappa shape index (κ2) is 7.96. The molecule has 1 unspecified atom stereocenters. The van der Waals surface area contributed by atoms with Gasteiger partial charge < -0.3 is 23.8 Å². The monoisotopic (exact) mass is 377 g/mol. The minimum atomic E-state index is -0.486. The van der Waals surface area contributed by atoms with Crippen LogP contribution in [0.5, 0.6) is 5.75 Å². The third kappa shape index (κ3) is 3.75. The molecular formula is C19H24FN3O4. The summed E-state index contributed by atoms with van der Waals surface area (Å²) in [7, 11) is 6.62. The van der Waals surface area contributed by atoms with Crippen molar-refractivity contribution in [3.05, 3.63) is 29.6 Å². The number of aromatic nitrogens is 1. The lowest BCUT2D eigenvalue weighted by molar-refractivity contribution is 0.0269. The largest absolute Gasteiger partial charge is 0.494 e. The number of methoxy groups -OCH3 is 2. The van der Waals surface area contributed by atoms with E-state index in [0.717, 1.165) is 12.8 Å². The number of halogens is 1. The summed E-state index contributed by atoms with van der Waals surface area (Å²) in [5, 5.41) is 4.06. The average molecular weight is 377 g/mol. The van der Waals surface area contributed by atoms with Crippen LogP contribution < -0.4 is 9.64 Å². The standard InChI is InChI=1S/C19H24FN3O4/c1-22(2)18-16(19(24)23-9-5-6-13(11-23)25-3)17(27-21-18)12-7-8-14(20)15(10-12)26-4/h7-8,10,13H,5-6,9,11H2,1-4H3. The van der Waals surface area contributed by atoms with Gasteiger partial charge in [-0.1, -0.05) is 5.16 Å². The highest BCUT2D eigenvalue weighted by Gasteiger charge is 2.32. The smallest absolute Gasteiger partial charge is 0.261 e. The van der Waals surface area contributed by atoms with Crippen LogP contribution in [0.1, 0.15) is 23.2 Å². The topological polar surface area (TPSA) is 68.0 Å². The van der Waals surface area contributed by atoms with Crippen LogP contribution in [0, 0.1) is 5.82 Å². The number of hydrogen-bond acceptors (Lipinski definition) is 6. The van der Waals surface area contributed by atoms with Crippen LogP contribution in [0.4, 0.5) is 10.2 Å². The third-order valence-electron chi connectivity index (χ3n) is 4.72. The molecule has 2 heterocycles. The number of benzene rings is 1. The van der Waals surface area contributed by atoms with E-state index in [1.54, 1.807) is 37.1 Å². The summed E-state index contributed by atoms with van der Waals surface area (Å²) in [6.07, 6.45) is 1.80. The molecule has 1 aliphatic rings. The van der Waals surface area contributed by atoms with Gasteiger partial charge in [0, 0.05) is 39.9 Å². The highest BCUT2D eigenvalue weighted by molar-refractivity contribution is 6.04. The zero-order valence-electron chi connectivity index (χ0n) is 16.0. The zero-order valence-corrected chi connectivity index (χ0v) is 16.0. The molecule has 1 aliphatic heterocycles. The number of likely N-dealkylation sites (tertiary alicyclic amines) is 1. The van der Waals surface area contributed by atoms with Gasteiger partial charge in [-0.05, 0) is 31.0 Å². The summed E-state index contributed by atoms with van der Waals surface area (Å²) in [5.41, 5.74) is 0.878. The first-order valence-electron chi connectivity index (χ1n) is 8.79. The van der Waals surface area contributed by atoms with E-state index >= 15 is 0 Å². The molecule has 0 saturated carbocycles. The molecule has 1 aromatic heterocycles. The molecule has 1 fully saturated rings. The van der Waals surface area contributed by atoms with Gasteiger partial charge in [-0.25, -0.2) is 4.39 Å². The Morgan fingerprint density at radius 2 is 2.15 bits per heavy atom. The molecule has 1 aromatic carbocycles. The van der Waals surface area contributed by atoms with E-state index in [0.29, 0.717) is 35.8 Å². The van der Waals surface area contributed by atoms with E-state index in [1.807, 2.05) is 0 Å². The van der Waals surface area contributed by atoms with E-state index in [1.165, 1.54) is 19.2 Å². The minimum Gasteiger partial charge on any atom is -0.494 e. The first-order valence-corrected chi connectivity index (χ1v) is 8.79.